The lowest BCUT2D eigenvalue weighted by Crippen LogP contribution is -2.08. The predicted molar refractivity (Wildman–Crippen MR) is 83.3 cm³/mol. The molecule has 2 heterocycles. The number of nitrogens with one attached hydrogen (secondary N) is 1. The first-order chi connectivity index (χ1) is 10.7. The number of H-pyrrole nitrogens is 1. The van der Waals surface area contributed by atoms with Crippen LogP contribution < -0.4 is 5.56 Å². The number of aromatic amines is 1. The Bertz CT molecular complexity index is 890. The first-order valence-electron chi connectivity index (χ1n) is 7.60. The smallest absolute Gasteiger partial charge is 0.259 e. The molecule has 0 amide bonds. The average molecular weight is 297 g/mol. The lowest BCUT2D eigenvalue weighted by atomic mass is 10.1. The van der Waals surface area contributed by atoms with Gasteiger partial charge in [0.15, 0.2) is 0 Å². The van der Waals surface area contributed by atoms with Gasteiger partial charge in [-0.2, -0.15) is 5.10 Å². The van der Waals surface area contributed by atoms with Gasteiger partial charge in [-0.1, -0.05) is 25.0 Å². The molecule has 4 rings (SSSR count). The number of nitrogens with zero attached hydrogens (tertiary/aromatic N) is 2. The molecular weight excluding hydrogens is 281 g/mol. The predicted octanol–water partition coefficient (Wildman–Crippen LogP) is 3.65. The van der Waals surface area contributed by atoms with Gasteiger partial charge in [0.2, 0.25) is 0 Å². The van der Waals surface area contributed by atoms with Crippen molar-refractivity contribution in [3.8, 4) is 11.3 Å². The van der Waals surface area contributed by atoms with E-state index in [1.165, 1.54) is 25.0 Å². The summed E-state index contributed by atoms with van der Waals surface area (Å²) in [6.07, 6.45) is 6.17. The summed E-state index contributed by atoms with van der Waals surface area (Å²) in [5, 5.41) is 5.22. The van der Waals surface area contributed by atoms with Crippen LogP contribution >= 0.6 is 0 Å². The highest BCUT2D eigenvalue weighted by atomic mass is 19.1. The van der Waals surface area contributed by atoms with Gasteiger partial charge in [-0.05, 0) is 31.0 Å². The largest absolute Gasteiger partial charge is 0.328 e. The number of hydrogen-bond donors (Lipinski definition) is 1. The second-order valence-electron chi connectivity index (χ2n) is 5.81. The quantitative estimate of drug-likeness (QED) is 0.785. The molecule has 0 radical (unpaired) electrons. The fraction of sp³-hybridized carbons (Fsp3) is 0.294. The van der Waals surface area contributed by atoms with Gasteiger partial charge >= 0.3 is 0 Å². The van der Waals surface area contributed by atoms with Crippen molar-refractivity contribution >= 4 is 10.9 Å². The highest BCUT2D eigenvalue weighted by molar-refractivity contribution is 5.92. The molecular formula is C17H16FN3O. The van der Waals surface area contributed by atoms with E-state index in [1.54, 1.807) is 18.3 Å². The van der Waals surface area contributed by atoms with Crippen LogP contribution in [-0.4, -0.2) is 14.8 Å². The highest BCUT2D eigenvalue weighted by Crippen LogP contribution is 2.34. The molecule has 2 aromatic heterocycles. The third-order valence-corrected chi connectivity index (χ3v) is 4.40. The van der Waals surface area contributed by atoms with Crippen molar-refractivity contribution in [2.45, 2.75) is 31.7 Å². The van der Waals surface area contributed by atoms with Crippen LogP contribution in [0.2, 0.25) is 0 Å². The second kappa shape index (κ2) is 5.09. The number of fused-ring (bicyclic) bond motifs is 1. The number of benzene rings is 1. The molecule has 5 heteroatoms. The van der Waals surface area contributed by atoms with Crippen molar-refractivity contribution in [3.63, 3.8) is 0 Å². The Morgan fingerprint density at radius 1 is 1.23 bits per heavy atom. The monoisotopic (exact) mass is 297 g/mol. The lowest BCUT2D eigenvalue weighted by Gasteiger charge is -2.10. The third kappa shape index (κ3) is 2.04. The van der Waals surface area contributed by atoms with Gasteiger partial charge in [0.1, 0.15) is 11.5 Å². The Balaban J connectivity index is 2.00. The SMILES string of the molecule is O=c1[nH]ccc2c1c(-c1cccc(F)c1)nn2C1CCCC1. The van der Waals surface area contributed by atoms with E-state index in [-0.39, 0.29) is 11.4 Å². The summed E-state index contributed by atoms with van der Waals surface area (Å²) in [4.78, 5) is 15.0. The normalized spacial score (nSPS) is 15.7. The molecule has 112 valence electrons. The number of rotatable bonds is 2. The van der Waals surface area contributed by atoms with Gasteiger partial charge in [-0.25, -0.2) is 4.39 Å². The number of hydrogen-bond acceptors (Lipinski definition) is 2. The topological polar surface area (TPSA) is 50.7 Å². The number of halogens is 1. The fourth-order valence-electron chi connectivity index (χ4n) is 3.36. The Morgan fingerprint density at radius 2 is 2.05 bits per heavy atom. The van der Waals surface area contributed by atoms with Crippen molar-refractivity contribution in [1.82, 2.24) is 14.8 Å². The molecule has 22 heavy (non-hydrogen) atoms. The molecule has 1 fully saturated rings. The van der Waals surface area contributed by atoms with Crippen molar-refractivity contribution in [2.75, 3.05) is 0 Å². The molecule has 0 aliphatic heterocycles. The van der Waals surface area contributed by atoms with Gasteiger partial charge < -0.3 is 4.98 Å². The standard InChI is InChI=1S/C17H16FN3O/c18-12-5-3-4-11(10-12)16-15-14(8-9-19-17(15)22)21(20-16)13-6-1-2-7-13/h3-5,8-10,13H,1-2,6-7H2,(H,19,22). The summed E-state index contributed by atoms with van der Waals surface area (Å²) < 4.78 is 15.5. The Hall–Kier alpha value is -2.43. The third-order valence-electron chi connectivity index (χ3n) is 4.40. The van der Waals surface area contributed by atoms with E-state index >= 15 is 0 Å². The molecule has 1 N–H and O–H groups in total. The fourth-order valence-corrected chi connectivity index (χ4v) is 3.36. The van der Waals surface area contributed by atoms with E-state index in [1.807, 2.05) is 10.7 Å². The van der Waals surface area contributed by atoms with E-state index in [2.05, 4.69) is 10.1 Å². The molecule has 0 spiro atoms. The average Bonchev–Trinajstić information content (AvgIpc) is 3.15. The summed E-state index contributed by atoms with van der Waals surface area (Å²) in [7, 11) is 0. The number of aromatic nitrogens is 3. The summed E-state index contributed by atoms with van der Waals surface area (Å²) in [5.74, 6) is -0.326. The first-order valence-corrected chi connectivity index (χ1v) is 7.60. The molecule has 0 atom stereocenters. The Morgan fingerprint density at radius 3 is 2.82 bits per heavy atom. The second-order valence-corrected chi connectivity index (χ2v) is 5.81. The minimum atomic E-state index is -0.326. The highest BCUT2D eigenvalue weighted by Gasteiger charge is 2.23. The molecule has 1 aromatic carbocycles. The molecule has 0 bridgehead atoms. The first kappa shape index (κ1) is 13.2. The van der Waals surface area contributed by atoms with Crippen molar-refractivity contribution in [3.05, 3.63) is 52.7 Å². The van der Waals surface area contributed by atoms with Gasteiger partial charge in [-0.15, -0.1) is 0 Å². The van der Waals surface area contributed by atoms with Crippen LogP contribution in [0, 0.1) is 5.82 Å². The zero-order chi connectivity index (χ0) is 15.1. The molecule has 1 aliphatic carbocycles. The van der Waals surface area contributed by atoms with Crippen LogP contribution in [0.3, 0.4) is 0 Å². The van der Waals surface area contributed by atoms with Gasteiger partial charge in [0.25, 0.3) is 5.56 Å². The Labute approximate surface area is 126 Å². The minimum Gasteiger partial charge on any atom is -0.328 e. The van der Waals surface area contributed by atoms with Crippen molar-refractivity contribution in [1.29, 1.82) is 0 Å². The molecule has 4 nitrogen and oxygen atoms in total. The van der Waals surface area contributed by atoms with Crippen molar-refractivity contribution < 1.29 is 4.39 Å². The van der Waals surface area contributed by atoms with E-state index in [4.69, 9.17) is 0 Å². The molecule has 1 aliphatic rings. The van der Waals surface area contributed by atoms with E-state index < -0.39 is 0 Å². The summed E-state index contributed by atoms with van der Waals surface area (Å²) in [6.45, 7) is 0. The summed E-state index contributed by atoms with van der Waals surface area (Å²) in [6, 6.07) is 8.45. The maximum atomic E-state index is 13.5. The summed E-state index contributed by atoms with van der Waals surface area (Å²) >= 11 is 0. The summed E-state index contributed by atoms with van der Waals surface area (Å²) in [5.41, 5.74) is 1.85. The zero-order valence-corrected chi connectivity index (χ0v) is 12.1. The molecule has 0 unspecified atom stereocenters. The van der Waals surface area contributed by atoms with E-state index in [9.17, 15) is 9.18 Å². The minimum absolute atomic E-state index is 0.180. The van der Waals surface area contributed by atoms with Crippen LogP contribution in [0.1, 0.15) is 31.7 Å². The molecule has 3 aromatic rings. The molecule has 1 saturated carbocycles. The van der Waals surface area contributed by atoms with Crippen LogP contribution in [0.4, 0.5) is 4.39 Å². The van der Waals surface area contributed by atoms with E-state index in [0.717, 1.165) is 18.4 Å². The van der Waals surface area contributed by atoms with Gasteiger partial charge in [0, 0.05) is 11.8 Å². The molecule has 0 saturated heterocycles. The van der Waals surface area contributed by atoms with Gasteiger partial charge in [0.05, 0.1) is 16.9 Å². The van der Waals surface area contributed by atoms with Crippen LogP contribution in [-0.2, 0) is 0 Å². The van der Waals surface area contributed by atoms with Crippen LogP contribution in [0.5, 0.6) is 0 Å². The zero-order valence-electron chi connectivity index (χ0n) is 12.1. The van der Waals surface area contributed by atoms with Gasteiger partial charge in [-0.3, -0.25) is 9.48 Å². The maximum Gasteiger partial charge on any atom is 0.259 e. The van der Waals surface area contributed by atoms with Crippen LogP contribution in [0.15, 0.2) is 41.3 Å². The Kier molecular flexibility index (Phi) is 3.06. The number of pyridine rings is 1. The maximum absolute atomic E-state index is 13.5. The van der Waals surface area contributed by atoms with Crippen molar-refractivity contribution in [2.24, 2.45) is 0 Å². The lowest BCUT2D eigenvalue weighted by molar-refractivity contribution is 0.483. The van der Waals surface area contributed by atoms with E-state index in [0.29, 0.717) is 22.7 Å². The van der Waals surface area contributed by atoms with Crippen LogP contribution in [0.25, 0.3) is 22.2 Å².